The third kappa shape index (κ3) is 6.36. The molecule has 3 rings (SSSR count). The van der Waals surface area contributed by atoms with E-state index in [0.717, 1.165) is 15.7 Å². The third-order valence-corrected chi connectivity index (χ3v) is 7.30. The number of amidine groups is 1. The average Bonchev–Trinajstić information content (AvgIpc) is 3.13. The highest BCUT2D eigenvalue weighted by Gasteiger charge is 2.23. The minimum atomic E-state index is -0.353. The van der Waals surface area contributed by atoms with Crippen LogP contribution >= 0.6 is 50.8 Å². The van der Waals surface area contributed by atoms with Gasteiger partial charge in [-0.25, -0.2) is 0 Å². The Morgan fingerprint density at radius 1 is 1.21 bits per heavy atom. The van der Waals surface area contributed by atoms with Gasteiger partial charge in [-0.3, -0.25) is 9.59 Å². The number of aromatic nitrogens is 2. The summed E-state index contributed by atoms with van der Waals surface area (Å²) in [5.41, 5.74) is 1.87. The number of nitrogens with zero attached hydrogens (tertiary/aromatic N) is 4. The van der Waals surface area contributed by atoms with Crippen LogP contribution in [0.5, 0.6) is 0 Å². The van der Waals surface area contributed by atoms with E-state index >= 15 is 0 Å². The maximum atomic E-state index is 12.6. The zero-order valence-corrected chi connectivity index (χ0v) is 19.5. The molecule has 2 heterocycles. The van der Waals surface area contributed by atoms with Crippen molar-refractivity contribution >= 4 is 78.6 Å². The molecule has 0 aliphatic carbocycles. The fourth-order valence-electron chi connectivity index (χ4n) is 2.23. The van der Waals surface area contributed by atoms with Crippen LogP contribution < -0.4 is 10.6 Å². The monoisotopic (exact) mass is 512 g/mol. The number of nitrogens with one attached hydrogen (secondary N) is 2. The van der Waals surface area contributed by atoms with E-state index in [4.69, 9.17) is 0 Å². The van der Waals surface area contributed by atoms with Gasteiger partial charge in [0.1, 0.15) is 0 Å². The summed E-state index contributed by atoms with van der Waals surface area (Å²) in [6.45, 7) is 3.33. The highest BCUT2D eigenvalue weighted by atomic mass is 79.9. The lowest BCUT2D eigenvalue weighted by Crippen LogP contribution is -2.36. The van der Waals surface area contributed by atoms with Crippen LogP contribution in [0.2, 0.25) is 0 Å². The normalized spacial score (nSPS) is 14.6. The first kappa shape index (κ1) is 21.9. The number of halogens is 1. The van der Waals surface area contributed by atoms with Crippen LogP contribution in [0.25, 0.3) is 0 Å². The Bertz CT molecular complexity index is 960. The van der Waals surface area contributed by atoms with Gasteiger partial charge in [-0.2, -0.15) is 5.10 Å². The van der Waals surface area contributed by atoms with E-state index in [0.29, 0.717) is 26.8 Å². The Balaban J connectivity index is 1.60. The average molecular weight is 513 g/mol. The molecule has 1 aromatic heterocycles. The van der Waals surface area contributed by atoms with Gasteiger partial charge in [-0.1, -0.05) is 69.8 Å². The molecule has 12 heteroatoms. The number of rotatable bonds is 6. The van der Waals surface area contributed by atoms with Crippen molar-refractivity contribution in [3.05, 3.63) is 34.3 Å². The smallest absolute Gasteiger partial charge is 0.239 e. The summed E-state index contributed by atoms with van der Waals surface area (Å²) < 4.78 is 1.62. The molecule has 0 bridgehead atoms. The number of benzene rings is 1. The lowest BCUT2D eigenvalue weighted by Gasteiger charge is -2.16. The quantitative estimate of drug-likeness (QED) is 0.450. The number of thioether (sulfide) groups is 2. The SMILES string of the molecule is CC[C@@H](Sc1nnc(NC(C)=O)s1)C(=O)NC1=NN=C(c2ccc(Br)cc2)CS1. The summed E-state index contributed by atoms with van der Waals surface area (Å²) in [5.74, 6) is 0.251. The molecule has 2 amide bonds. The minimum absolute atomic E-state index is 0.165. The molecule has 152 valence electrons. The fourth-order valence-corrected chi connectivity index (χ4v) is 5.23. The molecule has 1 aliphatic rings. The Morgan fingerprint density at radius 3 is 2.59 bits per heavy atom. The predicted molar refractivity (Wildman–Crippen MR) is 123 cm³/mol. The molecule has 0 saturated heterocycles. The Morgan fingerprint density at radius 2 is 1.97 bits per heavy atom. The molecule has 2 N–H and O–H groups in total. The standard InChI is InChI=1S/C17H17BrN6O2S3/c1-3-13(28-17-24-23-16(29-17)19-9(2)25)14(26)20-15-22-21-12(8-27-15)10-4-6-11(18)7-5-10/h4-7,13H,3,8H2,1-2H3,(H,19,23,25)(H,20,22,26)/t13-/m1/s1. The van der Waals surface area contributed by atoms with Crippen LogP contribution in [-0.2, 0) is 9.59 Å². The first-order valence-electron chi connectivity index (χ1n) is 8.56. The van der Waals surface area contributed by atoms with Crippen LogP contribution in [0.15, 0.2) is 43.3 Å². The first-order valence-corrected chi connectivity index (χ1v) is 12.0. The van der Waals surface area contributed by atoms with Gasteiger partial charge in [0.15, 0.2) is 9.51 Å². The summed E-state index contributed by atoms with van der Waals surface area (Å²) in [5, 5.41) is 22.3. The summed E-state index contributed by atoms with van der Waals surface area (Å²) in [7, 11) is 0. The van der Waals surface area contributed by atoms with Gasteiger partial charge < -0.3 is 10.6 Å². The summed E-state index contributed by atoms with van der Waals surface area (Å²) in [6, 6.07) is 7.86. The lowest BCUT2D eigenvalue weighted by atomic mass is 10.1. The van der Waals surface area contributed by atoms with Crippen molar-refractivity contribution in [1.82, 2.24) is 15.5 Å². The Kier molecular flexibility index (Phi) is 7.81. The van der Waals surface area contributed by atoms with Gasteiger partial charge in [0.2, 0.25) is 16.9 Å². The van der Waals surface area contributed by atoms with E-state index in [1.165, 1.54) is 41.8 Å². The molecule has 1 aromatic carbocycles. The highest BCUT2D eigenvalue weighted by Crippen LogP contribution is 2.30. The molecule has 1 aliphatic heterocycles. The molecule has 0 fully saturated rings. The first-order chi connectivity index (χ1) is 13.9. The van der Waals surface area contributed by atoms with E-state index in [9.17, 15) is 9.59 Å². The number of anilines is 1. The van der Waals surface area contributed by atoms with Crippen molar-refractivity contribution in [2.45, 2.75) is 29.9 Å². The summed E-state index contributed by atoms with van der Waals surface area (Å²) >= 11 is 7.40. The predicted octanol–water partition coefficient (Wildman–Crippen LogP) is 3.75. The largest absolute Gasteiger partial charge is 0.303 e. The highest BCUT2D eigenvalue weighted by molar-refractivity contribution is 9.10. The van der Waals surface area contributed by atoms with Crippen molar-refractivity contribution in [1.29, 1.82) is 0 Å². The topological polar surface area (TPSA) is 109 Å². The van der Waals surface area contributed by atoms with Gasteiger partial charge in [0.05, 0.1) is 11.0 Å². The van der Waals surface area contributed by atoms with Crippen LogP contribution in [-0.4, -0.2) is 43.9 Å². The van der Waals surface area contributed by atoms with Crippen molar-refractivity contribution in [2.24, 2.45) is 10.2 Å². The van der Waals surface area contributed by atoms with Crippen molar-refractivity contribution < 1.29 is 9.59 Å². The number of amides is 2. The summed E-state index contributed by atoms with van der Waals surface area (Å²) in [4.78, 5) is 23.7. The van der Waals surface area contributed by atoms with Gasteiger partial charge in [0, 0.05) is 17.1 Å². The zero-order valence-electron chi connectivity index (χ0n) is 15.5. The molecular weight excluding hydrogens is 496 g/mol. The molecule has 0 unspecified atom stereocenters. The maximum Gasteiger partial charge on any atom is 0.239 e. The van der Waals surface area contributed by atoms with Gasteiger partial charge in [0.25, 0.3) is 0 Å². The molecule has 1 atom stereocenters. The second kappa shape index (κ2) is 10.3. The van der Waals surface area contributed by atoms with E-state index in [1.54, 1.807) is 0 Å². The van der Waals surface area contributed by atoms with Crippen LogP contribution in [0, 0.1) is 0 Å². The zero-order chi connectivity index (χ0) is 20.8. The molecule has 0 radical (unpaired) electrons. The van der Waals surface area contributed by atoms with Gasteiger partial charge in [-0.05, 0) is 24.1 Å². The van der Waals surface area contributed by atoms with Crippen LogP contribution in [0.3, 0.4) is 0 Å². The van der Waals surface area contributed by atoms with Crippen molar-refractivity contribution in [3.63, 3.8) is 0 Å². The second-order valence-electron chi connectivity index (χ2n) is 5.81. The molecule has 8 nitrogen and oxygen atoms in total. The third-order valence-electron chi connectivity index (χ3n) is 3.61. The summed E-state index contributed by atoms with van der Waals surface area (Å²) in [6.07, 6.45) is 0.608. The fraction of sp³-hybridized carbons (Fsp3) is 0.294. The molecule has 29 heavy (non-hydrogen) atoms. The van der Waals surface area contributed by atoms with Gasteiger partial charge >= 0.3 is 0 Å². The van der Waals surface area contributed by atoms with E-state index < -0.39 is 0 Å². The molecule has 2 aromatic rings. The van der Waals surface area contributed by atoms with Crippen LogP contribution in [0.4, 0.5) is 5.13 Å². The molecular formula is C17H17BrN6O2S3. The van der Waals surface area contributed by atoms with E-state index in [1.807, 2.05) is 31.2 Å². The minimum Gasteiger partial charge on any atom is -0.303 e. The van der Waals surface area contributed by atoms with Crippen molar-refractivity contribution in [3.8, 4) is 0 Å². The number of hydrogen-bond donors (Lipinski definition) is 2. The number of carbonyl (C=O) groups is 2. The van der Waals surface area contributed by atoms with Gasteiger partial charge in [-0.15, -0.1) is 15.3 Å². The lowest BCUT2D eigenvalue weighted by molar-refractivity contribution is -0.119. The second-order valence-corrected chi connectivity index (χ2v) is 10.1. The van der Waals surface area contributed by atoms with Crippen molar-refractivity contribution in [2.75, 3.05) is 11.1 Å². The number of hydrogen-bond acceptors (Lipinski definition) is 9. The number of carbonyl (C=O) groups excluding carboxylic acids is 2. The molecule has 0 saturated carbocycles. The van der Waals surface area contributed by atoms with Crippen LogP contribution in [0.1, 0.15) is 25.8 Å². The Hall–Kier alpha value is -1.76. The van der Waals surface area contributed by atoms with E-state index in [-0.39, 0.29) is 17.1 Å². The molecule has 0 spiro atoms. The van der Waals surface area contributed by atoms with E-state index in [2.05, 4.69) is 47.0 Å². The maximum absolute atomic E-state index is 12.6. The Labute approximate surface area is 188 Å².